The zero-order valence-electron chi connectivity index (χ0n) is 6.42. The topological polar surface area (TPSA) is 9.23 Å². The van der Waals surface area contributed by atoms with Crippen molar-refractivity contribution >= 4 is 0 Å². The van der Waals surface area contributed by atoms with E-state index in [-0.39, 0.29) is 29.6 Å². The molecule has 0 unspecified atom stereocenters. The van der Waals surface area contributed by atoms with Crippen LogP contribution in [0, 0.1) is 6.92 Å². The molecule has 0 aromatic heterocycles. The maximum atomic E-state index is 4.94. The first-order chi connectivity index (χ1) is 4.33. The van der Waals surface area contributed by atoms with E-state index < -0.39 is 0 Å². The van der Waals surface area contributed by atoms with Gasteiger partial charge in [-0.2, -0.15) is 24.6 Å². The van der Waals surface area contributed by atoms with Crippen molar-refractivity contribution < 1.29 is 34.3 Å². The molecule has 1 rings (SSSR count). The van der Waals surface area contributed by atoms with Crippen molar-refractivity contribution in [3.63, 3.8) is 0 Å². The number of hydrogen-bond acceptors (Lipinski definition) is 1. The molecule has 0 bridgehead atoms. The quantitative estimate of drug-likeness (QED) is 0.358. The molecule has 0 amide bonds. The van der Waals surface area contributed by atoms with E-state index in [1.165, 1.54) is 0 Å². The van der Waals surface area contributed by atoms with Gasteiger partial charge in [-0.3, -0.25) is 0 Å². The first-order valence-electron chi connectivity index (χ1n) is 2.79. The van der Waals surface area contributed by atoms with E-state index in [9.17, 15) is 0 Å². The second-order valence-electron chi connectivity index (χ2n) is 1.85. The maximum absolute atomic E-state index is 4.94. The minimum atomic E-state index is 0. The molecule has 1 aromatic rings. The average molecular weight is 144 g/mol. The Bertz CT molecular complexity index is 181. The Hall–Kier alpha value is -0.110. The summed E-state index contributed by atoms with van der Waals surface area (Å²) in [5.74, 6) is 0.877. The fraction of sp³-hybridized carbons (Fsp3) is 0.125. The van der Waals surface area contributed by atoms with E-state index in [1.807, 2.05) is 24.3 Å². The van der Waals surface area contributed by atoms with Crippen LogP contribution in [0.2, 0.25) is 0 Å². The van der Waals surface area contributed by atoms with E-state index in [2.05, 4.69) is 6.92 Å². The Balaban J connectivity index is 0.000000810. The van der Waals surface area contributed by atoms with Crippen molar-refractivity contribution in [3.05, 3.63) is 36.8 Å². The van der Waals surface area contributed by atoms with Gasteiger partial charge in [-0.15, -0.1) is 0 Å². The third-order valence-corrected chi connectivity index (χ3v) is 1.16. The van der Waals surface area contributed by atoms with Crippen LogP contribution in [-0.2, 0) is 0 Å². The number of benzene rings is 1. The molecule has 1 aromatic carbocycles. The Labute approximate surface area is 83.7 Å². The van der Waals surface area contributed by atoms with Gasteiger partial charge in [0.1, 0.15) is 0 Å². The molecule has 0 N–H and O–H groups in total. The van der Waals surface area contributed by atoms with Crippen LogP contribution in [-0.4, -0.2) is 7.11 Å². The Morgan fingerprint density at radius 1 is 1.20 bits per heavy atom. The molecule has 0 spiro atoms. The summed E-state index contributed by atoms with van der Waals surface area (Å²) in [6, 6.07) is 7.61. The van der Waals surface area contributed by atoms with Gasteiger partial charge in [-0.05, 0) is 0 Å². The van der Waals surface area contributed by atoms with E-state index in [0.29, 0.717) is 0 Å². The van der Waals surface area contributed by atoms with Crippen LogP contribution in [0.15, 0.2) is 24.3 Å². The maximum Gasteiger partial charge on any atom is 1.00 e. The molecule has 0 heterocycles. The predicted molar refractivity (Wildman–Crippen MR) is 37.5 cm³/mol. The Kier molecular flexibility index (Phi) is 4.62. The van der Waals surface area contributed by atoms with Crippen LogP contribution in [0.4, 0.5) is 0 Å². The molecule has 0 aliphatic rings. The first-order valence-corrected chi connectivity index (χ1v) is 2.79. The van der Waals surface area contributed by atoms with Gasteiger partial charge in [-0.1, -0.05) is 12.1 Å². The van der Waals surface area contributed by atoms with Crippen molar-refractivity contribution in [2.75, 3.05) is 7.11 Å². The summed E-state index contributed by atoms with van der Waals surface area (Å²) in [6.07, 6.45) is 0. The largest absolute Gasteiger partial charge is 1.00 e. The zero-order chi connectivity index (χ0) is 6.69. The molecule has 2 heteroatoms. The molecule has 1 nitrogen and oxygen atoms in total. The van der Waals surface area contributed by atoms with Gasteiger partial charge in [-0.25, -0.2) is 0 Å². The fourth-order valence-electron chi connectivity index (χ4n) is 0.626. The molecule has 48 valence electrons. The van der Waals surface area contributed by atoms with Crippen LogP contribution in [0.5, 0.6) is 5.75 Å². The number of methoxy groups -OCH3 is 1. The summed E-state index contributed by atoms with van der Waals surface area (Å²) in [4.78, 5) is 0. The standard InChI is InChI=1S/C8H9O.Na/c1-7-3-5-8(9-2)6-4-7;/h3-6H,1H2,2H3;/q-1;+1. The van der Waals surface area contributed by atoms with Crippen LogP contribution < -0.4 is 34.3 Å². The normalized spacial score (nSPS) is 8.10. The molecule has 10 heavy (non-hydrogen) atoms. The summed E-state index contributed by atoms with van der Waals surface area (Å²) >= 11 is 0. The minimum absolute atomic E-state index is 0. The predicted octanol–water partition coefficient (Wildman–Crippen LogP) is -1.12. The van der Waals surface area contributed by atoms with Gasteiger partial charge in [0.15, 0.2) is 0 Å². The molecule has 0 atom stereocenters. The van der Waals surface area contributed by atoms with Crippen molar-refractivity contribution in [2.45, 2.75) is 0 Å². The third-order valence-electron chi connectivity index (χ3n) is 1.16. The van der Waals surface area contributed by atoms with Crippen molar-refractivity contribution in [2.24, 2.45) is 0 Å². The summed E-state index contributed by atoms with van der Waals surface area (Å²) < 4.78 is 4.94. The van der Waals surface area contributed by atoms with Crippen LogP contribution in [0.25, 0.3) is 0 Å². The van der Waals surface area contributed by atoms with E-state index in [1.54, 1.807) is 7.11 Å². The molecular weight excluding hydrogens is 135 g/mol. The number of rotatable bonds is 1. The summed E-state index contributed by atoms with van der Waals surface area (Å²) in [7, 11) is 1.65. The number of ether oxygens (including phenoxy) is 1. The number of hydrogen-bond donors (Lipinski definition) is 0. The van der Waals surface area contributed by atoms with Gasteiger partial charge in [0.2, 0.25) is 0 Å². The molecule has 0 saturated carbocycles. The third kappa shape index (κ3) is 2.65. The monoisotopic (exact) mass is 144 g/mol. The van der Waals surface area contributed by atoms with Crippen molar-refractivity contribution in [1.29, 1.82) is 0 Å². The average Bonchev–Trinajstić information content (AvgIpc) is 1.90. The van der Waals surface area contributed by atoms with Gasteiger partial charge >= 0.3 is 29.6 Å². The Morgan fingerprint density at radius 3 is 2.10 bits per heavy atom. The van der Waals surface area contributed by atoms with Gasteiger partial charge in [0.25, 0.3) is 0 Å². The summed E-state index contributed by atoms with van der Waals surface area (Å²) in [5.41, 5.74) is 1.01. The molecular formula is C8H9NaO. The van der Waals surface area contributed by atoms with E-state index in [4.69, 9.17) is 4.74 Å². The van der Waals surface area contributed by atoms with Crippen LogP contribution in [0.3, 0.4) is 0 Å². The van der Waals surface area contributed by atoms with Crippen LogP contribution >= 0.6 is 0 Å². The first kappa shape index (κ1) is 9.89. The molecule has 0 saturated heterocycles. The smallest absolute Gasteiger partial charge is 0.499 e. The van der Waals surface area contributed by atoms with Gasteiger partial charge in [0.05, 0.1) is 12.9 Å². The Morgan fingerprint density at radius 2 is 1.70 bits per heavy atom. The molecule has 0 aliphatic carbocycles. The SMILES string of the molecule is [CH2-]c1ccc(OC)cc1.[Na+]. The van der Waals surface area contributed by atoms with Crippen molar-refractivity contribution in [1.82, 2.24) is 0 Å². The van der Waals surface area contributed by atoms with E-state index >= 15 is 0 Å². The molecule has 0 radical (unpaired) electrons. The molecule has 0 aliphatic heterocycles. The van der Waals surface area contributed by atoms with Gasteiger partial charge in [0, 0.05) is 0 Å². The van der Waals surface area contributed by atoms with Crippen LogP contribution in [0.1, 0.15) is 5.56 Å². The summed E-state index contributed by atoms with van der Waals surface area (Å²) in [6.45, 7) is 3.74. The second kappa shape index (κ2) is 4.67. The summed E-state index contributed by atoms with van der Waals surface area (Å²) in [5, 5.41) is 0. The zero-order valence-corrected chi connectivity index (χ0v) is 8.42. The molecule has 0 fully saturated rings. The van der Waals surface area contributed by atoms with Gasteiger partial charge < -0.3 is 4.74 Å². The minimum Gasteiger partial charge on any atom is -0.499 e. The van der Waals surface area contributed by atoms with Crippen molar-refractivity contribution in [3.8, 4) is 5.75 Å². The fourth-order valence-corrected chi connectivity index (χ4v) is 0.626. The second-order valence-corrected chi connectivity index (χ2v) is 1.85. The van der Waals surface area contributed by atoms with E-state index in [0.717, 1.165) is 11.3 Å².